The van der Waals surface area contributed by atoms with E-state index in [1.807, 2.05) is 0 Å². The second kappa shape index (κ2) is 23.1. The third-order valence-corrected chi connectivity index (χ3v) is 0. The van der Waals surface area contributed by atoms with E-state index in [4.69, 9.17) is 29.7 Å². The van der Waals surface area contributed by atoms with Crippen LogP contribution >= 0.6 is 0 Å². The third kappa shape index (κ3) is 1310000. The number of carboxylic acid groups (broad SMARTS) is 3. The van der Waals surface area contributed by atoms with E-state index in [1.54, 1.807) is 0 Å². The summed E-state index contributed by atoms with van der Waals surface area (Å²) in [6.45, 7) is 2.92. The van der Waals surface area contributed by atoms with E-state index in [1.165, 1.54) is 0 Å². The molecule has 0 aromatic heterocycles. The number of carbonyl (C=O) groups is 3. The molecule has 8 heteroatoms. The quantitative estimate of drug-likeness (QED) is 0.401. The molecule has 0 saturated carbocycles. The molecule has 0 radical (unpaired) electrons. The van der Waals surface area contributed by atoms with Crippen LogP contribution in [0.25, 0.3) is 0 Å². The average molecular weight is 266 g/mol. The fourth-order valence-corrected chi connectivity index (χ4v) is 0. The topological polar surface area (TPSA) is 120 Å². The molecule has 72 valence electrons. The van der Waals surface area contributed by atoms with Crippen molar-refractivity contribution in [3.05, 3.63) is 0 Å². The zero-order valence-electron chi connectivity index (χ0n) is 8.66. The fraction of sp³-hybridized carbons (Fsp3) is 0.500. The first-order valence-electron chi connectivity index (χ1n) is 2.72. The number of aliphatic carboxylic acids is 3. The number of hydrogen-bond acceptors (Lipinski definition) is 6. The summed E-state index contributed by atoms with van der Waals surface area (Å²) in [5, 5.41) is 26.7. The van der Waals surface area contributed by atoms with Crippen LogP contribution in [0.3, 0.4) is 0 Å². The van der Waals surface area contributed by atoms with Crippen LogP contribution in [0.4, 0.5) is 0 Å². The van der Waals surface area contributed by atoms with Gasteiger partial charge in [0.15, 0.2) is 0 Å². The Bertz CT molecular complexity index is 120. The van der Waals surface area contributed by atoms with Gasteiger partial charge in [0.2, 0.25) is 0 Å². The summed E-state index contributed by atoms with van der Waals surface area (Å²) in [5.41, 5.74) is 0. The van der Waals surface area contributed by atoms with E-state index in [0.29, 0.717) is 0 Å². The van der Waals surface area contributed by atoms with Crippen LogP contribution in [0.1, 0.15) is 20.8 Å². The average Bonchev–Trinajstić information content (AvgIpc) is 1.54. The van der Waals surface area contributed by atoms with Crippen LogP contribution in [-0.4, -0.2) is 17.9 Å². The zero-order valence-corrected chi connectivity index (χ0v) is 13.6. The first-order chi connectivity index (χ1) is 5.20. The Labute approximate surface area is 117 Å². The molecule has 0 aliphatic carbocycles. The van der Waals surface area contributed by atoms with Crippen LogP contribution in [0.5, 0.6) is 0 Å². The van der Waals surface area contributed by atoms with Crippen LogP contribution in [0.15, 0.2) is 0 Å². The van der Waals surface area contributed by atoms with E-state index in [-0.39, 0.29) is 49.0 Å². The van der Waals surface area contributed by atoms with Gasteiger partial charge in [-0.1, -0.05) is 0 Å². The fourth-order valence-electron chi connectivity index (χ4n) is 0. The maximum absolute atomic E-state index is 8.89. The molecule has 0 aromatic rings. The molecular weight excluding hydrogens is 256 g/mol. The minimum absolute atomic E-state index is 0. The molecule has 0 bridgehead atoms. The molecule has 0 N–H and O–H groups in total. The molecule has 6 nitrogen and oxygen atoms in total. The second-order valence-electron chi connectivity index (χ2n) is 1.47. The first-order valence-corrected chi connectivity index (χ1v) is 2.72. The summed E-state index contributed by atoms with van der Waals surface area (Å²) in [7, 11) is 0. The van der Waals surface area contributed by atoms with E-state index in [9.17, 15) is 0 Å². The molecule has 0 saturated heterocycles. The minimum atomic E-state index is -1.08. The second-order valence-corrected chi connectivity index (χ2v) is 1.47. The summed E-state index contributed by atoms with van der Waals surface area (Å²) in [6, 6.07) is 0. The van der Waals surface area contributed by atoms with Crippen molar-refractivity contribution in [2.45, 2.75) is 20.8 Å². The summed E-state index contributed by atoms with van der Waals surface area (Å²) in [6.07, 6.45) is 0. The van der Waals surface area contributed by atoms with Crippen molar-refractivity contribution in [2.75, 3.05) is 0 Å². The first kappa shape index (κ1) is 29.2. The van der Waals surface area contributed by atoms with Crippen molar-refractivity contribution < 1.29 is 78.7 Å². The van der Waals surface area contributed by atoms with Gasteiger partial charge in [-0.3, -0.25) is 0 Å². The molecule has 0 aromatic carbocycles. The van der Waals surface area contributed by atoms with Crippen molar-refractivity contribution in [3.63, 3.8) is 0 Å². The van der Waals surface area contributed by atoms with Gasteiger partial charge in [0, 0.05) is 17.9 Å². The molecule has 0 atom stereocenters. The molecule has 0 aliphatic heterocycles. The summed E-state index contributed by atoms with van der Waals surface area (Å²) >= 11 is 0. The van der Waals surface area contributed by atoms with E-state index in [2.05, 4.69) is 0 Å². The summed E-state index contributed by atoms with van der Waals surface area (Å²) in [5.74, 6) is -3.25. The Kier molecular flexibility index (Phi) is 48.3. The van der Waals surface area contributed by atoms with Crippen molar-refractivity contribution in [2.24, 2.45) is 0 Å². The van der Waals surface area contributed by atoms with Crippen molar-refractivity contribution in [1.29, 1.82) is 0 Å². The van der Waals surface area contributed by atoms with Gasteiger partial charge in [0.1, 0.15) is 0 Å². The Morgan fingerprint density at radius 2 is 0.714 bits per heavy atom. The van der Waals surface area contributed by atoms with Crippen LogP contribution < -0.4 is 44.9 Å². The molecule has 0 unspecified atom stereocenters. The Morgan fingerprint density at radius 1 is 0.714 bits per heavy atom. The van der Waals surface area contributed by atoms with E-state index < -0.39 is 17.9 Å². The Morgan fingerprint density at radius 3 is 0.714 bits per heavy atom. The van der Waals surface area contributed by atoms with Gasteiger partial charge >= 0.3 is 49.0 Å². The number of carbonyl (C=O) groups excluding carboxylic acids is 3. The molecule has 0 amide bonds. The Balaban J connectivity index is -0.0000000270. The predicted molar refractivity (Wildman–Crippen MR) is 32.0 cm³/mol. The number of hydrogen-bond donors (Lipinski definition) is 0. The SMILES string of the molecule is CC(=O)[O-].CC(=O)[O-].CC(=O)[O-].[Na+].[Zn+2]. The standard InChI is InChI=1S/3C2H4O2.Na.Zn/c3*1-2(3)4;;/h3*1H3,(H,3,4);;/q;;;+1;+2/p-3. The Hall–Kier alpha value is 0.0334. The molecule has 0 spiro atoms. The van der Waals surface area contributed by atoms with Crippen LogP contribution in [0.2, 0.25) is 0 Å². The van der Waals surface area contributed by atoms with E-state index in [0.717, 1.165) is 20.8 Å². The molecule has 0 aliphatic rings. The zero-order chi connectivity index (χ0) is 10.7. The predicted octanol–water partition coefficient (Wildman–Crippen LogP) is -6.73. The molecule has 0 heterocycles. The van der Waals surface area contributed by atoms with Crippen molar-refractivity contribution in [3.8, 4) is 0 Å². The van der Waals surface area contributed by atoms with Gasteiger partial charge in [-0.2, -0.15) is 0 Å². The van der Waals surface area contributed by atoms with Crippen molar-refractivity contribution >= 4 is 17.9 Å². The van der Waals surface area contributed by atoms with Crippen LogP contribution in [-0.2, 0) is 33.9 Å². The van der Waals surface area contributed by atoms with E-state index >= 15 is 0 Å². The van der Waals surface area contributed by atoms with Gasteiger partial charge in [-0.25, -0.2) is 0 Å². The third-order valence-electron chi connectivity index (χ3n) is 0. The van der Waals surface area contributed by atoms with Gasteiger partial charge in [-0.15, -0.1) is 0 Å². The van der Waals surface area contributed by atoms with Gasteiger partial charge in [0.25, 0.3) is 0 Å². The van der Waals surface area contributed by atoms with Gasteiger partial charge < -0.3 is 29.7 Å². The number of carboxylic acids is 3. The summed E-state index contributed by atoms with van der Waals surface area (Å²) < 4.78 is 0. The molecule has 0 rings (SSSR count). The number of rotatable bonds is 0. The maximum atomic E-state index is 8.89. The van der Waals surface area contributed by atoms with Crippen molar-refractivity contribution in [1.82, 2.24) is 0 Å². The molecular formula is C6H9NaO6Zn. The molecule has 0 fully saturated rings. The van der Waals surface area contributed by atoms with Gasteiger partial charge in [-0.05, 0) is 20.8 Å². The monoisotopic (exact) mass is 264 g/mol. The largest absolute Gasteiger partial charge is 2.00 e. The minimum Gasteiger partial charge on any atom is -0.550 e. The summed E-state index contributed by atoms with van der Waals surface area (Å²) in [4.78, 5) is 26.7. The maximum Gasteiger partial charge on any atom is 2.00 e. The van der Waals surface area contributed by atoms with Crippen LogP contribution in [0, 0.1) is 0 Å². The van der Waals surface area contributed by atoms with Gasteiger partial charge in [0.05, 0.1) is 0 Å². The smallest absolute Gasteiger partial charge is 0.550 e. The molecule has 14 heavy (non-hydrogen) atoms. The normalized spacial score (nSPS) is 5.36.